The summed E-state index contributed by atoms with van der Waals surface area (Å²) in [6, 6.07) is 11.2. The van der Waals surface area contributed by atoms with Crippen molar-refractivity contribution in [2.24, 2.45) is 0 Å². The molecule has 3 aromatic rings. The van der Waals surface area contributed by atoms with E-state index in [1.54, 1.807) is 12.3 Å². The van der Waals surface area contributed by atoms with Crippen LogP contribution in [-0.4, -0.2) is 20.9 Å². The van der Waals surface area contributed by atoms with Gasteiger partial charge < -0.3 is 9.72 Å². The number of ether oxygens (including phenoxy) is 1. The van der Waals surface area contributed by atoms with Crippen LogP contribution in [0.1, 0.15) is 16.1 Å². The van der Waals surface area contributed by atoms with Gasteiger partial charge in [0, 0.05) is 0 Å². The van der Waals surface area contributed by atoms with Gasteiger partial charge >= 0.3 is 5.97 Å². The van der Waals surface area contributed by atoms with E-state index in [0.29, 0.717) is 16.7 Å². The molecule has 0 spiro atoms. The first kappa shape index (κ1) is 11.4. The lowest BCUT2D eigenvalue weighted by atomic mass is 10.2. The van der Waals surface area contributed by atoms with Crippen molar-refractivity contribution < 1.29 is 9.53 Å². The fraction of sp³-hybridized carbons (Fsp3) is 0.0714. The highest BCUT2D eigenvalue weighted by atomic mass is 16.5. The smallest absolute Gasteiger partial charge is 0.355 e. The van der Waals surface area contributed by atoms with Crippen molar-refractivity contribution in [2.75, 3.05) is 0 Å². The highest BCUT2D eigenvalue weighted by Crippen LogP contribution is 2.12. The largest absolute Gasteiger partial charge is 0.456 e. The molecule has 0 aliphatic rings. The van der Waals surface area contributed by atoms with Gasteiger partial charge in [0.25, 0.3) is 0 Å². The molecule has 0 bridgehead atoms. The standard InChI is InChI=1S/C14H11N3O2/c18-14(19-8-10-4-2-1-3-5-10)12-6-11-13(17-12)7-15-9-16-11/h1-7,9,17H,8H2. The van der Waals surface area contributed by atoms with Gasteiger partial charge in [-0.2, -0.15) is 0 Å². The number of fused-ring (bicyclic) bond motifs is 1. The molecule has 0 aliphatic carbocycles. The van der Waals surface area contributed by atoms with Crippen LogP contribution < -0.4 is 0 Å². The molecule has 0 atom stereocenters. The van der Waals surface area contributed by atoms with Crippen LogP contribution in [-0.2, 0) is 11.3 Å². The van der Waals surface area contributed by atoms with Gasteiger partial charge in [-0.15, -0.1) is 0 Å². The van der Waals surface area contributed by atoms with E-state index in [4.69, 9.17) is 4.74 Å². The quantitative estimate of drug-likeness (QED) is 0.727. The Balaban J connectivity index is 1.73. The monoisotopic (exact) mass is 253 g/mol. The number of nitrogens with zero attached hydrogens (tertiary/aromatic N) is 2. The fourth-order valence-electron chi connectivity index (χ4n) is 1.78. The van der Waals surface area contributed by atoms with E-state index >= 15 is 0 Å². The van der Waals surface area contributed by atoms with Crippen LogP contribution >= 0.6 is 0 Å². The van der Waals surface area contributed by atoms with Crippen molar-refractivity contribution in [3.05, 3.63) is 60.2 Å². The van der Waals surface area contributed by atoms with E-state index < -0.39 is 5.97 Å². The molecule has 5 nitrogen and oxygen atoms in total. The third-order valence-corrected chi connectivity index (χ3v) is 2.73. The minimum atomic E-state index is -0.401. The van der Waals surface area contributed by atoms with Crippen molar-refractivity contribution in [1.29, 1.82) is 0 Å². The minimum Gasteiger partial charge on any atom is -0.456 e. The van der Waals surface area contributed by atoms with Crippen LogP contribution in [0.15, 0.2) is 48.9 Å². The fourth-order valence-corrected chi connectivity index (χ4v) is 1.78. The van der Waals surface area contributed by atoms with Gasteiger partial charge in [-0.05, 0) is 11.6 Å². The van der Waals surface area contributed by atoms with Crippen molar-refractivity contribution in [1.82, 2.24) is 15.0 Å². The lowest BCUT2D eigenvalue weighted by Gasteiger charge is -2.02. The van der Waals surface area contributed by atoms with Crippen LogP contribution in [0.25, 0.3) is 11.0 Å². The van der Waals surface area contributed by atoms with E-state index in [0.717, 1.165) is 5.56 Å². The van der Waals surface area contributed by atoms with Gasteiger partial charge in [0.2, 0.25) is 0 Å². The zero-order valence-electron chi connectivity index (χ0n) is 10.0. The third kappa shape index (κ3) is 2.44. The Hall–Kier alpha value is -2.69. The molecule has 1 N–H and O–H groups in total. The summed E-state index contributed by atoms with van der Waals surface area (Å²) in [6.07, 6.45) is 3.06. The molecule has 0 fully saturated rings. The first-order valence-electron chi connectivity index (χ1n) is 5.83. The summed E-state index contributed by atoms with van der Waals surface area (Å²) in [5, 5.41) is 0. The lowest BCUT2D eigenvalue weighted by Crippen LogP contribution is -2.05. The maximum Gasteiger partial charge on any atom is 0.355 e. The molecule has 1 aromatic carbocycles. The van der Waals surface area contributed by atoms with Crippen LogP contribution in [0.4, 0.5) is 0 Å². The second-order valence-electron chi connectivity index (χ2n) is 4.07. The zero-order chi connectivity index (χ0) is 13.1. The maximum atomic E-state index is 11.9. The Bertz CT molecular complexity index is 674. The topological polar surface area (TPSA) is 67.9 Å². The number of H-pyrrole nitrogens is 1. The predicted molar refractivity (Wildman–Crippen MR) is 69.5 cm³/mol. The van der Waals surface area contributed by atoms with Gasteiger partial charge in [0.05, 0.1) is 17.2 Å². The van der Waals surface area contributed by atoms with E-state index in [1.807, 2.05) is 30.3 Å². The number of hydrogen-bond acceptors (Lipinski definition) is 4. The Labute approximate surface area is 109 Å². The van der Waals surface area contributed by atoms with Crippen molar-refractivity contribution in [3.63, 3.8) is 0 Å². The second-order valence-corrected chi connectivity index (χ2v) is 4.07. The molecule has 5 heteroatoms. The summed E-state index contributed by atoms with van der Waals surface area (Å²) in [7, 11) is 0. The van der Waals surface area contributed by atoms with Gasteiger partial charge in [-0.25, -0.2) is 14.8 Å². The Morgan fingerprint density at radius 3 is 2.89 bits per heavy atom. The number of rotatable bonds is 3. The second kappa shape index (κ2) is 4.89. The van der Waals surface area contributed by atoms with Crippen molar-refractivity contribution in [2.45, 2.75) is 6.61 Å². The first-order valence-corrected chi connectivity index (χ1v) is 5.83. The van der Waals surface area contributed by atoms with Crippen LogP contribution in [0.3, 0.4) is 0 Å². The number of hydrogen-bond donors (Lipinski definition) is 1. The number of esters is 1. The average Bonchev–Trinajstić information content (AvgIpc) is 2.90. The molecule has 0 aliphatic heterocycles. The highest BCUT2D eigenvalue weighted by molar-refractivity contribution is 5.93. The van der Waals surface area contributed by atoms with Crippen LogP contribution in [0.2, 0.25) is 0 Å². The van der Waals surface area contributed by atoms with E-state index in [1.165, 1.54) is 6.33 Å². The average molecular weight is 253 g/mol. The van der Waals surface area contributed by atoms with E-state index in [9.17, 15) is 4.79 Å². The molecule has 2 aromatic heterocycles. The summed E-state index contributed by atoms with van der Waals surface area (Å²) < 4.78 is 5.23. The molecule has 19 heavy (non-hydrogen) atoms. The summed E-state index contributed by atoms with van der Waals surface area (Å²) in [6.45, 7) is 0.251. The molecule has 94 valence electrons. The molecule has 0 unspecified atom stereocenters. The SMILES string of the molecule is O=C(OCc1ccccc1)c1cc2ncncc2[nH]1. The van der Waals surface area contributed by atoms with Gasteiger partial charge in [-0.1, -0.05) is 30.3 Å². The number of benzene rings is 1. The summed E-state index contributed by atoms with van der Waals surface area (Å²) >= 11 is 0. The predicted octanol–water partition coefficient (Wildman–Crippen LogP) is 2.31. The lowest BCUT2D eigenvalue weighted by molar-refractivity contribution is 0.0467. The maximum absolute atomic E-state index is 11.9. The molecule has 0 amide bonds. The number of aromatic nitrogens is 3. The van der Waals surface area contributed by atoms with Crippen molar-refractivity contribution in [3.8, 4) is 0 Å². The minimum absolute atomic E-state index is 0.251. The molecule has 0 radical (unpaired) electrons. The molecular formula is C14H11N3O2. The van der Waals surface area contributed by atoms with Gasteiger partial charge in [0.15, 0.2) is 0 Å². The van der Waals surface area contributed by atoms with Crippen LogP contribution in [0, 0.1) is 0 Å². The first-order chi connectivity index (χ1) is 9.33. The zero-order valence-corrected chi connectivity index (χ0v) is 10.0. The molecular weight excluding hydrogens is 242 g/mol. The molecule has 0 saturated heterocycles. The van der Waals surface area contributed by atoms with Crippen LogP contribution in [0.5, 0.6) is 0 Å². The Morgan fingerprint density at radius 1 is 1.26 bits per heavy atom. The molecule has 3 rings (SSSR count). The molecule has 0 saturated carbocycles. The number of aromatic amines is 1. The Morgan fingerprint density at radius 2 is 2.11 bits per heavy atom. The van der Waals surface area contributed by atoms with Crippen molar-refractivity contribution >= 4 is 17.0 Å². The normalized spacial score (nSPS) is 10.5. The summed E-state index contributed by atoms with van der Waals surface area (Å²) in [4.78, 5) is 22.8. The number of nitrogens with one attached hydrogen (secondary N) is 1. The molecule has 2 heterocycles. The Kier molecular flexibility index (Phi) is 2.94. The number of carbonyl (C=O) groups is 1. The summed E-state index contributed by atoms with van der Waals surface area (Å²) in [5.41, 5.74) is 2.74. The van der Waals surface area contributed by atoms with E-state index in [2.05, 4.69) is 15.0 Å². The highest BCUT2D eigenvalue weighted by Gasteiger charge is 2.11. The van der Waals surface area contributed by atoms with Gasteiger partial charge in [-0.3, -0.25) is 0 Å². The van der Waals surface area contributed by atoms with E-state index in [-0.39, 0.29) is 6.61 Å². The summed E-state index contributed by atoms with van der Waals surface area (Å²) in [5.74, 6) is -0.401. The number of carbonyl (C=O) groups excluding carboxylic acids is 1. The third-order valence-electron chi connectivity index (χ3n) is 2.73. The van der Waals surface area contributed by atoms with Gasteiger partial charge in [0.1, 0.15) is 18.6 Å².